The van der Waals surface area contributed by atoms with Gasteiger partial charge in [-0.1, -0.05) is 62.7 Å². The van der Waals surface area contributed by atoms with Crippen LogP contribution in [0.3, 0.4) is 0 Å². The summed E-state index contributed by atoms with van der Waals surface area (Å²) < 4.78 is 0. The average molecular weight is 352 g/mol. The Morgan fingerprint density at radius 1 is 0.962 bits per heavy atom. The Bertz CT molecular complexity index is 758. The highest BCUT2D eigenvalue weighted by atomic mass is 16.2. The van der Waals surface area contributed by atoms with Crippen molar-refractivity contribution in [1.29, 1.82) is 0 Å². The fourth-order valence-electron chi connectivity index (χ4n) is 2.63. The number of hydrogen-bond donors (Lipinski definition) is 2. The summed E-state index contributed by atoms with van der Waals surface area (Å²) in [5, 5.41) is 5.49. The van der Waals surface area contributed by atoms with Gasteiger partial charge in [0.15, 0.2) is 0 Å². The minimum Gasteiger partial charge on any atom is -0.354 e. The highest BCUT2D eigenvalue weighted by Gasteiger charge is 2.13. The Labute approximate surface area is 156 Å². The summed E-state index contributed by atoms with van der Waals surface area (Å²) in [5.74, 6) is -0.418. The molecule has 0 spiro atoms. The summed E-state index contributed by atoms with van der Waals surface area (Å²) in [6.45, 7) is 9.02. The standard InChI is InChI=1S/C22H28N2O2/c1-16-6-5-7-18(14-16)21(26)24-15-20(25)23-13-12-17-8-10-19(11-9-17)22(2,3)4/h5-11,14H,12-13,15H2,1-4H3,(H,23,25)(H,24,26). The van der Waals surface area contributed by atoms with Gasteiger partial charge in [-0.15, -0.1) is 0 Å². The second kappa shape index (κ2) is 8.65. The van der Waals surface area contributed by atoms with Gasteiger partial charge in [0.05, 0.1) is 6.54 Å². The summed E-state index contributed by atoms with van der Waals surface area (Å²) >= 11 is 0. The van der Waals surface area contributed by atoms with Gasteiger partial charge < -0.3 is 10.6 Å². The van der Waals surface area contributed by atoms with Crippen LogP contribution < -0.4 is 10.6 Å². The van der Waals surface area contributed by atoms with Gasteiger partial charge in [-0.25, -0.2) is 0 Å². The minimum atomic E-state index is -0.235. The van der Waals surface area contributed by atoms with E-state index in [1.54, 1.807) is 12.1 Å². The van der Waals surface area contributed by atoms with E-state index in [0.29, 0.717) is 12.1 Å². The molecule has 2 aromatic carbocycles. The number of aryl methyl sites for hydroxylation is 1. The second-order valence-electron chi connectivity index (χ2n) is 7.60. The number of hydrogen-bond acceptors (Lipinski definition) is 2. The van der Waals surface area contributed by atoms with Gasteiger partial charge in [-0.05, 0) is 42.0 Å². The van der Waals surface area contributed by atoms with Crippen LogP contribution in [0.15, 0.2) is 48.5 Å². The Morgan fingerprint density at radius 2 is 1.65 bits per heavy atom. The number of rotatable bonds is 6. The zero-order valence-corrected chi connectivity index (χ0v) is 16.1. The topological polar surface area (TPSA) is 58.2 Å². The molecule has 2 aromatic rings. The first kappa shape index (κ1) is 19.7. The van der Waals surface area contributed by atoms with Crippen molar-refractivity contribution in [2.45, 2.75) is 39.5 Å². The van der Waals surface area contributed by atoms with Gasteiger partial charge in [0.2, 0.25) is 5.91 Å². The number of amides is 2. The van der Waals surface area contributed by atoms with Crippen molar-refractivity contribution in [3.05, 3.63) is 70.8 Å². The van der Waals surface area contributed by atoms with E-state index in [0.717, 1.165) is 12.0 Å². The largest absolute Gasteiger partial charge is 0.354 e. The van der Waals surface area contributed by atoms with Crippen LogP contribution >= 0.6 is 0 Å². The summed E-state index contributed by atoms with van der Waals surface area (Å²) in [5.41, 5.74) is 4.20. The van der Waals surface area contributed by atoms with Crippen LogP contribution in [-0.4, -0.2) is 24.9 Å². The summed E-state index contributed by atoms with van der Waals surface area (Å²) in [6.07, 6.45) is 0.766. The smallest absolute Gasteiger partial charge is 0.251 e. The summed E-state index contributed by atoms with van der Waals surface area (Å²) in [7, 11) is 0. The van der Waals surface area contributed by atoms with Crippen molar-refractivity contribution in [2.75, 3.05) is 13.1 Å². The third-order valence-corrected chi connectivity index (χ3v) is 4.25. The van der Waals surface area contributed by atoms with Crippen LogP contribution in [0.25, 0.3) is 0 Å². The van der Waals surface area contributed by atoms with Gasteiger partial charge in [0.1, 0.15) is 0 Å². The highest BCUT2D eigenvalue weighted by Crippen LogP contribution is 2.22. The van der Waals surface area contributed by atoms with E-state index in [1.165, 1.54) is 11.1 Å². The predicted octanol–water partition coefficient (Wildman–Crippen LogP) is 3.38. The van der Waals surface area contributed by atoms with E-state index in [-0.39, 0.29) is 23.8 Å². The molecule has 0 heterocycles. The Hall–Kier alpha value is -2.62. The van der Waals surface area contributed by atoms with Crippen molar-refractivity contribution >= 4 is 11.8 Å². The predicted molar refractivity (Wildman–Crippen MR) is 105 cm³/mol. The molecule has 2 rings (SSSR count). The van der Waals surface area contributed by atoms with Gasteiger partial charge in [0.25, 0.3) is 5.91 Å². The fourth-order valence-corrected chi connectivity index (χ4v) is 2.63. The quantitative estimate of drug-likeness (QED) is 0.837. The Balaban J connectivity index is 1.73. The molecule has 0 radical (unpaired) electrons. The first-order valence-corrected chi connectivity index (χ1v) is 8.97. The minimum absolute atomic E-state index is 0.0181. The molecular formula is C22H28N2O2. The lowest BCUT2D eigenvalue weighted by Gasteiger charge is -2.19. The molecule has 0 atom stereocenters. The maximum Gasteiger partial charge on any atom is 0.251 e. The average Bonchev–Trinajstić information content (AvgIpc) is 2.59. The van der Waals surface area contributed by atoms with Crippen molar-refractivity contribution in [2.24, 2.45) is 0 Å². The lowest BCUT2D eigenvalue weighted by Crippen LogP contribution is -2.37. The third kappa shape index (κ3) is 6.03. The Morgan fingerprint density at radius 3 is 2.27 bits per heavy atom. The molecule has 26 heavy (non-hydrogen) atoms. The molecule has 2 amide bonds. The first-order valence-electron chi connectivity index (χ1n) is 8.97. The highest BCUT2D eigenvalue weighted by molar-refractivity contribution is 5.96. The van der Waals surface area contributed by atoms with Gasteiger partial charge in [0, 0.05) is 12.1 Å². The number of carbonyl (C=O) groups excluding carboxylic acids is 2. The van der Waals surface area contributed by atoms with Crippen molar-refractivity contribution in [3.63, 3.8) is 0 Å². The Kier molecular flexibility index (Phi) is 6.56. The molecule has 4 heteroatoms. The van der Waals surface area contributed by atoms with Gasteiger partial charge in [-0.2, -0.15) is 0 Å². The molecule has 0 aliphatic carbocycles. The van der Waals surface area contributed by atoms with Crippen molar-refractivity contribution in [3.8, 4) is 0 Å². The molecule has 0 bridgehead atoms. The molecule has 0 aliphatic rings. The van der Waals surface area contributed by atoms with Crippen LogP contribution in [-0.2, 0) is 16.6 Å². The van der Waals surface area contributed by atoms with Crippen molar-refractivity contribution < 1.29 is 9.59 Å². The maximum absolute atomic E-state index is 12.0. The molecule has 0 aromatic heterocycles. The molecule has 2 N–H and O–H groups in total. The van der Waals surface area contributed by atoms with E-state index in [4.69, 9.17) is 0 Å². The molecule has 4 nitrogen and oxygen atoms in total. The molecule has 0 unspecified atom stereocenters. The molecule has 0 fully saturated rings. The number of nitrogens with one attached hydrogen (secondary N) is 2. The van der Waals surface area contributed by atoms with E-state index in [1.807, 2.05) is 19.1 Å². The van der Waals surface area contributed by atoms with Crippen LogP contribution in [0.2, 0.25) is 0 Å². The lowest BCUT2D eigenvalue weighted by atomic mass is 9.86. The second-order valence-corrected chi connectivity index (χ2v) is 7.60. The fraction of sp³-hybridized carbons (Fsp3) is 0.364. The molecule has 138 valence electrons. The zero-order valence-electron chi connectivity index (χ0n) is 16.1. The van der Waals surface area contributed by atoms with Crippen LogP contribution in [0.4, 0.5) is 0 Å². The SMILES string of the molecule is Cc1cccc(C(=O)NCC(=O)NCCc2ccc(C(C)(C)C)cc2)c1. The number of benzene rings is 2. The molecule has 0 saturated heterocycles. The zero-order chi connectivity index (χ0) is 19.2. The summed E-state index contributed by atoms with van der Waals surface area (Å²) in [6, 6.07) is 15.8. The van der Waals surface area contributed by atoms with Crippen LogP contribution in [0.5, 0.6) is 0 Å². The normalized spacial score (nSPS) is 11.1. The molecule has 0 saturated carbocycles. The van der Waals surface area contributed by atoms with Gasteiger partial charge >= 0.3 is 0 Å². The van der Waals surface area contributed by atoms with E-state index >= 15 is 0 Å². The molecule has 0 aliphatic heterocycles. The van der Waals surface area contributed by atoms with Crippen molar-refractivity contribution in [1.82, 2.24) is 10.6 Å². The van der Waals surface area contributed by atoms with Crippen LogP contribution in [0.1, 0.15) is 47.8 Å². The van der Waals surface area contributed by atoms with E-state index in [9.17, 15) is 9.59 Å². The lowest BCUT2D eigenvalue weighted by molar-refractivity contribution is -0.120. The van der Waals surface area contributed by atoms with E-state index in [2.05, 4.69) is 55.7 Å². The summed E-state index contributed by atoms with van der Waals surface area (Å²) in [4.78, 5) is 23.9. The molecular weight excluding hydrogens is 324 g/mol. The van der Waals surface area contributed by atoms with E-state index < -0.39 is 0 Å². The third-order valence-electron chi connectivity index (χ3n) is 4.25. The first-order chi connectivity index (χ1) is 12.3. The monoisotopic (exact) mass is 352 g/mol. The van der Waals surface area contributed by atoms with Gasteiger partial charge in [-0.3, -0.25) is 9.59 Å². The maximum atomic E-state index is 12.0. The number of carbonyl (C=O) groups is 2. The van der Waals surface area contributed by atoms with Crippen LogP contribution in [0, 0.1) is 6.92 Å².